The van der Waals surface area contributed by atoms with E-state index in [0.717, 1.165) is 36.4 Å². The van der Waals surface area contributed by atoms with Crippen LogP contribution in [0.25, 0.3) is 11.3 Å². The van der Waals surface area contributed by atoms with E-state index in [2.05, 4.69) is 14.9 Å². The third-order valence-electron chi connectivity index (χ3n) is 3.26. The fourth-order valence-corrected chi connectivity index (χ4v) is 2.70. The summed E-state index contributed by atoms with van der Waals surface area (Å²) in [5.41, 5.74) is 2.64. The van der Waals surface area contributed by atoms with Gasteiger partial charge in [-0.15, -0.1) is 5.10 Å². The summed E-state index contributed by atoms with van der Waals surface area (Å²) in [5.74, 6) is -0.0000231. The van der Waals surface area contributed by atoms with Crippen molar-refractivity contribution < 1.29 is 9.53 Å². The average molecular weight is 289 g/mol. The molecule has 1 aromatic heterocycles. The van der Waals surface area contributed by atoms with Crippen LogP contribution in [0.5, 0.6) is 0 Å². The number of carbonyl (C=O) groups excluding carboxylic acids is 1. The minimum atomic E-state index is -0.0000231. The fourth-order valence-electron chi connectivity index (χ4n) is 2.24. The van der Waals surface area contributed by atoms with Crippen LogP contribution in [0.2, 0.25) is 0 Å². The van der Waals surface area contributed by atoms with E-state index in [-0.39, 0.29) is 12.0 Å². The Morgan fingerprint density at radius 1 is 1.40 bits per heavy atom. The maximum Gasteiger partial charge on any atom is 0.226 e. The first-order chi connectivity index (χ1) is 9.81. The number of anilines is 1. The van der Waals surface area contributed by atoms with Gasteiger partial charge < -0.3 is 10.1 Å². The van der Waals surface area contributed by atoms with Gasteiger partial charge in [0.2, 0.25) is 5.91 Å². The SMILES string of the molecule is O=C(CC1CCCO1)Nc1ccc(-c2csnn2)cc1. The molecule has 0 bridgehead atoms. The van der Waals surface area contributed by atoms with Gasteiger partial charge >= 0.3 is 0 Å². The number of carbonyl (C=O) groups is 1. The zero-order valence-corrected chi connectivity index (χ0v) is 11.7. The normalized spacial score (nSPS) is 18.1. The Morgan fingerprint density at radius 3 is 2.90 bits per heavy atom. The Balaban J connectivity index is 1.59. The van der Waals surface area contributed by atoms with Crippen molar-refractivity contribution in [1.29, 1.82) is 0 Å². The second-order valence-corrected chi connectivity index (χ2v) is 5.36. The number of aromatic nitrogens is 2. The van der Waals surface area contributed by atoms with Crippen molar-refractivity contribution >= 4 is 23.1 Å². The first-order valence-electron chi connectivity index (χ1n) is 6.60. The summed E-state index contributed by atoms with van der Waals surface area (Å²) in [4.78, 5) is 11.9. The summed E-state index contributed by atoms with van der Waals surface area (Å²) in [6.07, 6.45) is 2.53. The molecule has 1 atom stereocenters. The van der Waals surface area contributed by atoms with Gasteiger partial charge in [-0.25, -0.2) is 0 Å². The molecule has 2 heterocycles. The van der Waals surface area contributed by atoms with Crippen molar-refractivity contribution in [3.8, 4) is 11.3 Å². The lowest BCUT2D eigenvalue weighted by atomic mass is 10.1. The van der Waals surface area contributed by atoms with Crippen LogP contribution in [0.3, 0.4) is 0 Å². The number of ether oxygens (including phenoxy) is 1. The van der Waals surface area contributed by atoms with Gasteiger partial charge in [0.25, 0.3) is 0 Å². The lowest BCUT2D eigenvalue weighted by Crippen LogP contribution is -2.19. The molecular formula is C14H15N3O2S. The zero-order chi connectivity index (χ0) is 13.8. The molecule has 6 heteroatoms. The number of hydrogen-bond donors (Lipinski definition) is 1. The molecule has 1 saturated heterocycles. The number of benzene rings is 1. The van der Waals surface area contributed by atoms with Crippen molar-refractivity contribution in [2.24, 2.45) is 0 Å². The van der Waals surface area contributed by atoms with Crippen molar-refractivity contribution in [2.45, 2.75) is 25.4 Å². The van der Waals surface area contributed by atoms with Gasteiger partial charge in [0.05, 0.1) is 12.5 Å². The summed E-state index contributed by atoms with van der Waals surface area (Å²) in [5, 5.41) is 8.79. The van der Waals surface area contributed by atoms with Gasteiger partial charge in [-0.1, -0.05) is 16.6 Å². The highest BCUT2D eigenvalue weighted by molar-refractivity contribution is 7.03. The highest BCUT2D eigenvalue weighted by atomic mass is 32.1. The molecule has 1 aliphatic rings. The topological polar surface area (TPSA) is 64.1 Å². The molecule has 20 heavy (non-hydrogen) atoms. The maximum atomic E-state index is 11.9. The largest absolute Gasteiger partial charge is 0.378 e. The number of nitrogens with zero attached hydrogens (tertiary/aromatic N) is 2. The van der Waals surface area contributed by atoms with Crippen LogP contribution >= 0.6 is 11.5 Å². The molecule has 0 saturated carbocycles. The second-order valence-electron chi connectivity index (χ2n) is 4.75. The number of hydrogen-bond acceptors (Lipinski definition) is 5. The third-order valence-corrected chi connectivity index (χ3v) is 3.77. The van der Waals surface area contributed by atoms with Crippen LogP contribution in [-0.4, -0.2) is 28.2 Å². The first-order valence-corrected chi connectivity index (χ1v) is 7.44. The highest BCUT2D eigenvalue weighted by Crippen LogP contribution is 2.21. The van der Waals surface area contributed by atoms with Gasteiger partial charge in [0.1, 0.15) is 5.69 Å². The standard InChI is InChI=1S/C14H15N3O2S/c18-14(8-12-2-1-7-19-12)15-11-5-3-10(4-6-11)13-9-20-17-16-13/h3-6,9,12H,1-2,7-8H2,(H,15,18). The summed E-state index contributed by atoms with van der Waals surface area (Å²) in [6.45, 7) is 0.772. The van der Waals surface area contributed by atoms with E-state index in [0.29, 0.717) is 6.42 Å². The number of rotatable bonds is 4. The Labute approximate surface area is 121 Å². The van der Waals surface area contributed by atoms with E-state index in [4.69, 9.17) is 4.74 Å². The van der Waals surface area contributed by atoms with E-state index in [1.165, 1.54) is 11.5 Å². The van der Waals surface area contributed by atoms with Crippen LogP contribution in [-0.2, 0) is 9.53 Å². The Kier molecular flexibility index (Phi) is 4.03. The number of amides is 1. The van der Waals surface area contributed by atoms with Gasteiger partial charge in [-0.2, -0.15) is 0 Å². The molecule has 1 aliphatic heterocycles. The van der Waals surface area contributed by atoms with Crippen molar-refractivity contribution in [1.82, 2.24) is 9.59 Å². The third kappa shape index (κ3) is 3.20. The van der Waals surface area contributed by atoms with Crippen LogP contribution in [0.4, 0.5) is 5.69 Å². The van der Waals surface area contributed by atoms with E-state index < -0.39 is 0 Å². The van der Waals surface area contributed by atoms with Crippen LogP contribution in [0.15, 0.2) is 29.6 Å². The van der Waals surface area contributed by atoms with Crippen molar-refractivity contribution in [3.63, 3.8) is 0 Å². The summed E-state index contributed by atoms with van der Waals surface area (Å²) in [7, 11) is 0. The Hall–Kier alpha value is -1.79. The maximum absolute atomic E-state index is 11.9. The minimum Gasteiger partial charge on any atom is -0.378 e. The second kappa shape index (κ2) is 6.11. The van der Waals surface area contributed by atoms with E-state index in [9.17, 15) is 4.79 Å². The Morgan fingerprint density at radius 2 is 2.25 bits per heavy atom. The zero-order valence-electron chi connectivity index (χ0n) is 10.9. The Bertz CT molecular complexity index is 563. The summed E-state index contributed by atoms with van der Waals surface area (Å²) < 4.78 is 9.29. The van der Waals surface area contributed by atoms with E-state index in [1.54, 1.807) is 0 Å². The molecule has 3 rings (SSSR count). The summed E-state index contributed by atoms with van der Waals surface area (Å²) in [6, 6.07) is 7.61. The monoisotopic (exact) mass is 289 g/mol. The molecule has 104 valence electrons. The number of nitrogens with one attached hydrogen (secondary N) is 1. The minimum absolute atomic E-state index is 0.0000231. The van der Waals surface area contributed by atoms with Gasteiger partial charge in [-0.3, -0.25) is 4.79 Å². The molecule has 0 aliphatic carbocycles. The molecule has 1 amide bonds. The van der Waals surface area contributed by atoms with E-state index >= 15 is 0 Å². The van der Waals surface area contributed by atoms with Gasteiger partial charge in [0, 0.05) is 23.2 Å². The quantitative estimate of drug-likeness (QED) is 0.940. The molecule has 1 aromatic carbocycles. The molecule has 1 unspecified atom stereocenters. The molecule has 1 N–H and O–H groups in total. The van der Waals surface area contributed by atoms with Gasteiger partial charge in [0.15, 0.2) is 0 Å². The van der Waals surface area contributed by atoms with Crippen molar-refractivity contribution in [3.05, 3.63) is 29.6 Å². The molecular weight excluding hydrogens is 274 g/mol. The van der Waals surface area contributed by atoms with E-state index in [1.807, 2.05) is 29.6 Å². The molecule has 0 radical (unpaired) electrons. The molecule has 2 aromatic rings. The molecule has 1 fully saturated rings. The van der Waals surface area contributed by atoms with Crippen LogP contribution in [0, 0.1) is 0 Å². The lowest BCUT2D eigenvalue weighted by molar-refractivity contribution is -0.118. The average Bonchev–Trinajstić information content (AvgIpc) is 3.12. The lowest BCUT2D eigenvalue weighted by Gasteiger charge is -2.10. The smallest absolute Gasteiger partial charge is 0.226 e. The molecule has 0 spiro atoms. The fraction of sp³-hybridized carbons (Fsp3) is 0.357. The van der Waals surface area contributed by atoms with Gasteiger partial charge in [-0.05, 0) is 36.5 Å². The first kappa shape index (κ1) is 13.2. The predicted octanol–water partition coefficient (Wildman–Crippen LogP) is 2.71. The summed E-state index contributed by atoms with van der Waals surface area (Å²) >= 11 is 1.32. The predicted molar refractivity (Wildman–Crippen MR) is 77.6 cm³/mol. The van der Waals surface area contributed by atoms with Crippen LogP contribution < -0.4 is 5.32 Å². The van der Waals surface area contributed by atoms with Crippen molar-refractivity contribution in [2.75, 3.05) is 11.9 Å². The molecule has 5 nitrogen and oxygen atoms in total. The van der Waals surface area contributed by atoms with Crippen LogP contribution in [0.1, 0.15) is 19.3 Å². The highest BCUT2D eigenvalue weighted by Gasteiger charge is 2.18.